The molecule has 1 aliphatic heterocycles. The number of benzene rings is 2. The number of carbonyl (C=O) groups is 1. The van der Waals surface area contributed by atoms with E-state index in [1.165, 1.54) is 12.1 Å². The van der Waals surface area contributed by atoms with Gasteiger partial charge >= 0.3 is 0 Å². The molecule has 8 heteroatoms. The summed E-state index contributed by atoms with van der Waals surface area (Å²) in [4.78, 5) is 27.2. The number of amides is 1. The average Bonchev–Trinajstić information content (AvgIpc) is 2.70. The summed E-state index contributed by atoms with van der Waals surface area (Å²) in [5.41, 5.74) is 2.29. The van der Waals surface area contributed by atoms with E-state index in [0.717, 1.165) is 43.2 Å². The molecule has 0 unspecified atom stereocenters. The lowest BCUT2D eigenvalue weighted by Crippen LogP contribution is -2.48. The molecule has 0 saturated carbocycles. The SMILES string of the molecule is COc1ccccc1N1CCN(CC(=O)Nc2cc([N+](=O)[O-])ccc2C)CC1. The van der Waals surface area contributed by atoms with E-state index in [1.807, 2.05) is 31.2 Å². The van der Waals surface area contributed by atoms with Crippen molar-refractivity contribution in [2.75, 3.05) is 50.1 Å². The molecule has 2 aromatic carbocycles. The number of hydrogen-bond donors (Lipinski definition) is 1. The Labute approximate surface area is 163 Å². The molecule has 1 aliphatic rings. The minimum absolute atomic E-state index is 0.0358. The first-order valence-corrected chi connectivity index (χ1v) is 9.13. The highest BCUT2D eigenvalue weighted by atomic mass is 16.6. The van der Waals surface area contributed by atoms with Crippen LogP contribution in [0.3, 0.4) is 0 Å². The monoisotopic (exact) mass is 384 g/mol. The Kier molecular flexibility index (Phi) is 6.10. The first-order chi connectivity index (χ1) is 13.5. The maximum absolute atomic E-state index is 12.4. The molecule has 1 amide bonds. The Morgan fingerprint density at radius 2 is 1.89 bits per heavy atom. The van der Waals surface area contributed by atoms with Gasteiger partial charge in [-0.25, -0.2) is 0 Å². The number of piperazine rings is 1. The molecule has 0 atom stereocenters. The van der Waals surface area contributed by atoms with Crippen molar-refractivity contribution < 1.29 is 14.5 Å². The molecule has 0 aliphatic carbocycles. The Hall–Kier alpha value is -3.13. The lowest BCUT2D eigenvalue weighted by Gasteiger charge is -2.36. The van der Waals surface area contributed by atoms with Crippen molar-refractivity contribution in [3.63, 3.8) is 0 Å². The zero-order valence-electron chi connectivity index (χ0n) is 16.1. The van der Waals surface area contributed by atoms with Crippen LogP contribution in [-0.4, -0.2) is 55.6 Å². The number of hydrogen-bond acceptors (Lipinski definition) is 6. The highest BCUT2D eigenvalue weighted by Crippen LogP contribution is 2.28. The summed E-state index contributed by atoms with van der Waals surface area (Å²) >= 11 is 0. The maximum atomic E-state index is 12.4. The fraction of sp³-hybridized carbons (Fsp3) is 0.350. The molecule has 28 heavy (non-hydrogen) atoms. The fourth-order valence-corrected chi connectivity index (χ4v) is 3.29. The number of nitrogens with zero attached hydrogens (tertiary/aromatic N) is 3. The summed E-state index contributed by atoms with van der Waals surface area (Å²) in [6.07, 6.45) is 0. The molecule has 1 saturated heterocycles. The Bertz CT molecular complexity index is 863. The third-order valence-corrected chi connectivity index (χ3v) is 4.87. The molecular weight excluding hydrogens is 360 g/mol. The summed E-state index contributed by atoms with van der Waals surface area (Å²) < 4.78 is 5.43. The third-order valence-electron chi connectivity index (χ3n) is 4.87. The second-order valence-electron chi connectivity index (χ2n) is 6.74. The van der Waals surface area contributed by atoms with E-state index in [-0.39, 0.29) is 18.1 Å². The number of rotatable bonds is 6. The van der Waals surface area contributed by atoms with E-state index in [9.17, 15) is 14.9 Å². The van der Waals surface area contributed by atoms with Crippen molar-refractivity contribution in [2.24, 2.45) is 0 Å². The van der Waals surface area contributed by atoms with Gasteiger partial charge in [-0.05, 0) is 24.6 Å². The molecule has 3 rings (SSSR count). The number of aryl methyl sites for hydroxylation is 1. The van der Waals surface area contributed by atoms with Crippen molar-refractivity contribution >= 4 is 23.0 Å². The number of non-ortho nitro benzene ring substituents is 1. The number of anilines is 2. The smallest absolute Gasteiger partial charge is 0.271 e. The van der Waals surface area contributed by atoms with Crippen molar-refractivity contribution in [3.8, 4) is 5.75 Å². The molecule has 0 bridgehead atoms. The molecule has 148 valence electrons. The fourth-order valence-electron chi connectivity index (χ4n) is 3.29. The predicted octanol–water partition coefficient (Wildman–Crippen LogP) is 2.67. The first kappa shape index (κ1) is 19.6. The van der Waals surface area contributed by atoms with Crippen LogP contribution >= 0.6 is 0 Å². The van der Waals surface area contributed by atoms with E-state index < -0.39 is 4.92 Å². The Morgan fingerprint density at radius 1 is 1.18 bits per heavy atom. The molecule has 1 fully saturated rings. The van der Waals surface area contributed by atoms with Gasteiger partial charge in [-0.15, -0.1) is 0 Å². The minimum atomic E-state index is -0.466. The third kappa shape index (κ3) is 4.58. The van der Waals surface area contributed by atoms with E-state index in [0.29, 0.717) is 5.69 Å². The Morgan fingerprint density at radius 3 is 2.57 bits per heavy atom. The van der Waals surface area contributed by atoms with E-state index in [2.05, 4.69) is 15.1 Å². The normalized spacial score (nSPS) is 14.6. The van der Waals surface area contributed by atoms with Gasteiger partial charge in [-0.1, -0.05) is 18.2 Å². The second kappa shape index (κ2) is 8.71. The van der Waals surface area contributed by atoms with E-state index in [1.54, 1.807) is 13.2 Å². The zero-order chi connectivity index (χ0) is 20.1. The molecule has 0 spiro atoms. The van der Waals surface area contributed by atoms with Crippen molar-refractivity contribution in [2.45, 2.75) is 6.92 Å². The van der Waals surface area contributed by atoms with Crippen molar-refractivity contribution in [3.05, 3.63) is 58.1 Å². The summed E-state index contributed by atoms with van der Waals surface area (Å²) in [7, 11) is 1.66. The van der Waals surface area contributed by atoms with E-state index >= 15 is 0 Å². The Balaban J connectivity index is 1.56. The average molecular weight is 384 g/mol. The largest absolute Gasteiger partial charge is 0.495 e. The maximum Gasteiger partial charge on any atom is 0.271 e. The molecule has 0 radical (unpaired) electrons. The number of methoxy groups -OCH3 is 1. The molecule has 0 aromatic heterocycles. The standard InChI is InChI=1S/C20H24N4O4/c1-15-7-8-16(24(26)27)13-17(15)21-20(25)14-22-9-11-23(12-10-22)18-5-3-4-6-19(18)28-2/h3-8,13H,9-12,14H2,1-2H3,(H,21,25). The number of carbonyl (C=O) groups excluding carboxylic acids is 1. The van der Waals surface area contributed by atoms with Gasteiger partial charge in [0, 0.05) is 38.3 Å². The van der Waals surface area contributed by atoms with Crippen LogP contribution in [-0.2, 0) is 4.79 Å². The van der Waals surface area contributed by atoms with Crippen LogP contribution in [0.5, 0.6) is 5.75 Å². The number of para-hydroxylation sites is 2. The van der Waals surface area contributed by atoms with Crippen molar-refractivity contribution in [1.29, 1.82) is 0 Å². The van der Waals surface area contributed by atoms with Gasteiger partial charge in [0.2, 0.25) is 5.91 Å². The molecular formula is C20H24N4O4. The molecule has 1 N–H and O–H groups in total. The summed E-state index contributed by atoms with van der Waals surface area (Å²) in [5, 5.41) is 13.7. The lowest BCUT2D eigenvalue weighted by atomic mass is 10.2. The highest BCUT2D eigenvalue weighted by molar-refractivity contribution is 5.93. The molecule has 8 nitrogen and oxygen atoms in total. The van der Waals surface area contributed by atoms with Crippen LogP contribution < -0.4 is 15.0 Å². The van der Waals surface area contributed by atoms with Crippen LogP contribution in [0.15, 0.2) is 42.5 Å². The van der Waals surface area contributed by atoms with Crippen LogP contribution in [0.25, 0.3) is 0 Å². The highest BCUT2D eigenvalue weighted by Gasteiger charge is 2.21. The summed E-state index contributed by atoms with van der Waals surface area (Å²) in [5.74, 6) is 0.671. The molecule has 1 heterocycles. The number of nitro benzene ring substituents is 1. The quantitative estimate of drug-likeness (QED) is 0.609. The zero-order valence-corrected chi connectivity index (χ0v) is 16.1. The number of ether oxygens (including phenoxy) is 1. The van der Waals surface area contributed by atoms with Gasteiger partial charge in [0.1, 0.15) is 5.75 Å². The predicted molar refractivity (Wildman–Crippen MR) is 108 cm³/mol. The van der Waals surface area contributed by atoms with Crippen LogP contribution in [0, 0.1) is 17.0 Å². The molecule has 2 aromatic rings. The van der Waals surface area contributed by atoms with Gasteiger partial charge in [-0.2, -0.15) is 0 Å². The topological polar surface area (TPSA) is 88.0 Å². The van der Waals surface area contributed by atoms with Crippen molar-refractivity contribution in [1.82, 2.24) is 4.90 Å². The number of nitrogens with one attached hydrogen (secondary N) is 1. The second-order valence-corrected chi connectivity index (χ2v) is 6.74. The van der Waals surface area contributed by atoms with Gasteiger partial charge in [0.15, 0.2) is 0 Å². The van der Waals surface area contributed by atoms with Crippen LogP contribution in [0.4, 0.5) is 17.1 Å². The van der Waals surface area contributed by atoms with Gasteiger partial charge in [-0.3, -0.25) is 19.8 Å². The summed E-state index contributed by atoms with van der Waals surface area (Å²) in [6, 6.07) is 12.4. The van der Waals surface area contributed by atoms with Crippen LogP contribution in [0.1, 0.15) is 5.56 Å². The van der Waals surface area contributed by atoms with Crippen LogP contribution in [0.2, 0.25) is 0 Å². The van der Waals surface area contributed by atoms with Gasteiger partial charge in [0.25, 0.3) is 5.69 Å². The first-order valence-electron chi connectivity index (χ1n) is 9.13. The van der Waals surface area contributed by atoms with E-state index in [4.69, 9.17) is 4.74 Å². The minimum Gasteiger partial charge on any atom is -0.495 e. The van der Waals surface area contributed by atoms with Gasteiger partial charge < -0.3 is 15.0 Å². The van der Waals surface area contributed by atoms with Gasteiger partial charge in [0.05, 0.1) is 30.0 Å². The summed E-state index contributed by atoms with van der Waals surface area (Å²) in [6.45, 7) is 5.15. The lowest BCUT2D eigenvalue weighted by molar-refractivity contribution is -0.384. The number of nitro groups is 1.